The highest BCUT2D eigenvalue weighted by Gasteiger charge is 2.13. The Morgan fingerprint density at radius 2 is 2.18 bits per heavy atom. The molecule has 0 radical (unpaired) electrons. The minimum Gasteiger partial charge on any atom is -0.489 e. The summed E-state index contributed by atoms with van der Waals surface area (Å²) in [6, 6.07) is 0. The average Bonchev–Trinajstić information content (AvgIpc) is 2.45. The van der Waals surface area contributed by atoms with Gasteiger partial charge in [-0.05, 0) is 0 Å². The van der Waals surface area contributed by atoms with Gasteiger partial charge in [0.05, 0.1) is 19.8 Å². The van der Waals surface area contributed by atoms with E-state index >= 15 is 0 Å². The number of carbonyl (C=O) groups is 1. The summed E-state index contributed by atoms with van der Waals surface area (Å²) in [7, 11) is 2.89. The third kappa shape index (κ3) is 1.19. The van der Waals surface area contributed by atoms with Gasteiger partial charge in [0.25, 0.3) is 0 Å². The third-order valence-electron chi connectivity index (χ3n) is 1.26. The normalized spacial score (nSPS) is 9.27. The summed E-state index contributed by atoms with van der Waals surface area (Å²) in [4.78, 5) is 10.3. The Labute approximate surface area is 63.7 Å². The molecule has 0 atom stereocenters. The van der Waals surface area contributed by atoms with Crippen LogP contribution in [0.2, 0.25) is 0 Å². The van der Waals surface area contributed by atoms with Gasteiger partial charge < -0.3 is 13.9 Å². The fourth-order valence-corrected chi connectivity index (χ4v) is 0.765. The van der Waals surface area contributed by atoms with Crippen LogP contribution >= 0.6 is 0 Å². The summed E-state index contributed by atoms with van der Waals surface area (Å²) in [5, 5.41) is 0. The van der Waals surface area contributed by atoms with Crippen molar-refractivity contribution in [1.82, 2.24) is 0 Å². The molecule has 1 rings (SSSR count). The molecule has 11 heavy (non-hydrogen) atoms. The lowest BCUT2D eigenvalue weighted by Crippen LogP contribution is -1.88. The molecule has 4 nitrogen and oxygen atoms in total. The molecule has 0 unspecified atom stereocenters. The van der Waals surface area contributed by atoms with Crippen molar-refractivity contribution in [2.24, 2.45) is 0 Å². The zero-order chi connectivity index (χ0) is 8.27. The molecular weight excluding hydrogens is 148 g/mol. The van der Waals surface area contributed by atoms with Gasteiger partial charge in [-0.2, -0.15) is 0 Å². The van der Waals surface area contributed by atoms with E-state index in [0.29, 0.717) is 17.6 Å². The third-order valence-corrected chi connectivity index (χ3v) is 1.26. The molecule has 0 aliphatic carbocycles. The minimum absolute atomic E-state index is 0.217. The van der Waals surface area contributed by atoms with Crippen molar-refractivity contribution in [2.75, 3.05) is 14.2 Å². The first-order chi connectivity index (χ1) is 5.33. The van der Waals surface area contributed by atoms with Gasteiger partial charge in [-0.15, -0.1) is 0 Å². The van der Waals surface area contributed by atoms with Crippen LogP contribution in [0.25, 0.3) is 0 Å². The van der Waals surface area contributed by atoms with Crippen molar-refractivity contribution < 1.29 is 18.7 Å². The van der Waals surface area contributed by atoms with Crippen molar-refractivity contribution in [3.63, 3.8) is 0 Å². The molecule has 1 heterocycles. The van der Waals surface area contributed by atoms with Crippen molar-refractivity contribution in [3.8, 4) is 11.7 Å². The van der Waals surface area contributed by atoms with Crippen LogP contribution < -0.4 is 9.47 Å². The number of rotatable bonds is 3. The van der Waals surface area contributed by atoms with Crippen LogP contribution in [-0.4, -0.2) is 20.5 Å². The average molecular weight is 156 g/mol. The van der Waals surface area contributed by atoms with Crippen LogP contribution in [0.15, 0.2) is 10.7 Å². The first kappa shape index (κ1) is 7.65. The standard InChI is InChI=1S/C7H8O4/c1-9-6-5(3-8)4-11-7(6)10-2/h3-4H,1-2H3. The topological polar surface area (TPSA) is 48.7 Å². The lowest BCUT2D eigenvalue weighted by Gasteiger charge is -1.97. The van der Waals surface area contributed by atoms with E-state index in [-0.39, 0.29) is 5.95 Å². The Bertz CT molecular complexity index is 251. The molecule has 0 amide bonds. The number of aldehydes is 1. The maximum atomic E-state index is 10.3. The second kappa shape index (κ2) is 3.09. The molecule has 0 aromatic carbocycles. The van der Waals surface area contributed by atoms with E-state index in [1.165, 1.54) is 20.5 Å². The van der Waals surface area contributed by atoms with Gasteiger partial charge >= 0.3 is 5.95 Å². The van der Waals surface area contributed by atoms with Crippen LogP contribution in [0.4, 0.5) is 0 Å². The van der Waals surface area contributed by atoms with Gasteiger partial charge in [0, 0.05) is 0 Å². The fourth-order valence-electron chi connectivity index (χ4n) is 0.765. The number of carbonyl (C=O) groups excluding carboxylic acids is 1. The van der Waals surface area contributed by atoms with Gasteiger partial charge in [0.15, 0.2) is 6.29 Å². The highest BCUT2D eigenvalue weighted by atomic mass is 16.6. The zero-order valence-corrected chi connectivity index (χ0v) is 6.29. The first-order valence-electron chi connectivity index (χ1n) is 2.98. The minimum atomic E-state index is 0.217. The molecule has 1 aromatic heterocycles. The van der Waals surface area contributed by atoms with E-state index in [9.17, 15) is 4.79 Å². The first-order valence-corrected chi connectivity index (χ1v) is 2.98. The molecule has 0 fully saturated rings. The molecule has 0 saturated heterocycles. The van der Waals surface area contributed by atoms with E-state index in [2.05, 4.69) is 0 Å². The van der Waals surface area contributed by atoms with E-state index < -0.39 is 0 Å². The quantitative estimate of drug-likeness (QED) is 0.615. The van der Waals surface area contributed by atoms with Crippen molar-refractivity contribution in [3.05, 3.63) is 11.8 Å². The lowest BCUT2D eigenvalue weighted by atomic mass is 10.3. The monoisotopic (exact) mass is 156 g/mol. The van der Waals surface area contributed by atoms with Crippen molar-refractivity contribution in [2.45, 2.75) is 0 Å². The molecule has 60 valence electrons. The summed E-state index contributed by atoms with van der Waals surface area (Å²) in [6.07, 6.45) is 1.93. The van der Waals surface area contributed by atoms with Crippen LogP contribution in [0, 0.1) is 0 Å². The van der Waals surface area contributed by atoms with Gasteiger partial charge in [-0.1, -0.05) is 0 Å². The van der Waals surface area contributed by atoms with Gasteiger partial charge in [-0.25, -0.2) is 0 Å². The number of furan rings is 1. The molecule has 0 bridgehead atoms. The van der Waals surface area contributed by atoms with Gasteiger partial charge in [-0.3, -0.25) is 4.79 Å². The summed E-state index contributed by atoms with van der Waals surface area (Å²) in [5.74, 6) is 0.553. The largest absolute Gasteiger partial charge is 0.489 e. The zero-order valence-electron chi connectivity index (χ0n) is 6.29. The summed E-state index contributed by atoms with van der Waals surface area (Å²) in [6.45, 7) is 0. The Hall–Kier alpha value is -1.45. The Balaban J connectivity index is 3.08. The molecule has 4 heteroatoms. The van der Waals surface area contributed by atoms with Crippen LogP contribution in [0.5, 0.6) is 11.7 Å². The number of hydrogen-bond donors (Lipinski definition) is 0. The SMILES string of the molecule is COc1occ(C=O)c1OC. The highest BCUT2D eigenvalue weighted by molar-refractivity contribution is 5.80. The molecule has 0 saturated carbocycles. The van der Waals surface area contributed by atoms with Crippen LogP contribution in [-0.2, 0) is 0 Å². The fraction of sp³-hybridized carbons (Fsp3) is 0.286. The predicted octanol–water partition coefficient (Wildman–Crippen LogP) is 1.11. The van der Waals surface area contributed by atoms with Gasteiger partial charge in [0.1, 0.15) is 6.26 Å². The maximum absolute atomic E-state index is 10.3. The molecule has 0 aliphatic rings. The highest BCUT2D eigenvalue weighted by Crippen LogP contribution is 2.31. The molecule has 0 spiro atoms. The molecular formula is C7H8O4. The number of methoxy groups -OCH3 is 2. The number of ether oxygens (including phenoxy) is 2. The molecule has 0 aliphatic heterocycles. The Kier molecular flexibility index (Phi) is 2.15. The second-order valence-electron chi connectivity index (χ2n) is 1.83. The lowest BCUT2D eigenvalue weighted by molar-refractivity contribution is 0.112. The summed E-state index contributed by atoms with van der Waals surface area (Å²) >= 11 is 0. The van der Waals surface area contributed by atoms with E-state index in [1.54, 1.807) is 0 Å². The number of hydrogen-bond acceptors (Lipinski definition) is 4. The van der Waals surface area contributed by atoms with Crippen LogP contribution in [0.1, 0.15) is 10.4 Å². The second-order valence-corrected chi connectivity index (χ2v) is 1.83. The Morgan fingerprint density at radius 1 is 1.45 bits per heavy atom. The molecule has 0 N–H and O–H groups in total. The van der Waals surface area contributed by atoms with Gasteiger partial charge in [0.2, 0.25) is 5.75 Å². The Morgan fingerprint density at radius 3 is 2.64 bits per heavy atom. The van der Waals surface area contributed by atoms with Crippen molar-refractivity contribution in [1.29, 1.82) is 0 Å². The molecule has 1 aromatic rings. The maximum Gasteiger partial charge on any atom is 0.329 e. The summed E-state index contributed by atoms with van der Waals surface area (Å²) < 4.78 is 14.5. The van der Waals surface area contributed by atoms with E-state index in [1.807, 2.05) is 0 Å². The van der Waals surface area contributed by atoms with Crippen molar-refractivity contribution >= 4 is 6.29 Å². The van der Waals surface area contributed by atoms with E-state index in [4.69, 9.17) is 13.9 Å². The van der Waals surface area contributed by atoms with E-state index in [0.717, 1.165) is 0 Å². The predicted molar refractivity (Wildman–Crippen MR) is 37.2 cm³/mol. The smallest absolute Gasteiger partial charge is 0.329 e. The van der Waals surface area contributed by atoms with Crippen LogP contribution in [0.3, 0.4) is 0 Å². The summed E-state index contributed by atoms with van der Waals surface area (Å²) in [5.41, 5.74) is 0.351.